The molecule has 0 unspecified atom stereocenters. The summed E-state index contributed by atoms with van der Waals surface area (Å²) in [5.41, 5.74) is -0.0958. The highest BCUT2D eigenvalue weighted by molar-refractivity contribution is 4.89. The molecule has 1 aliphatic rings. The summed E-state index contributed by atoms with van der Waals surface area (Å²) in [7, 11) is 2.17. The Labute approximate surface area is 126 Å². The lowest BCUT2D eigenvalue weighted by atomic mass is 9.81. The van der Waals surface area contributed by atoms with Crippen LogP contribution >= 0.6 is 0 Å². The van der Waals surface area contributed by atoms with Crippen molar-refractivity contribution in [3.05, 3.63) is 0 Å². The number of hydrogen-bond acceptors (Lipinski definition) is 3. The van der Waals surface area contributed by atoms with Gasteiger partial charge in [0.25, 0.3) is 0 Å². The van der Waals surface area contributed by atoms with E-state index >= 15 is 0 Å². The van der Waals surface area contributed by atoms with Gasteiger partial charge >= 0.3 is 0 Å². The van der Waals surface area contributed by atoms with Crippen molar-refractivity contribution in [2.45, 2.75) is 77.9 Å². The van der Waals surface area contributed by atoms with E-state index in [1.807, 2.05) is 0 Å². The molecule has 0 saturated heterocycles. The summed E-state index contributed by atoms with van der Waals surface area (Å²) in [6.45, 7) is 12.0. The molecule has 0 bridgehead atoms. The van der Waals surface area contributed by atoms with Gasteiger partial charge in [-0.2, -0.15) is 0 Å². The van der Waals surface area contributed by atoms with E-state index in [9.17, 15) is 5.11 Å². The number of hydrogen-bond donors (Lipinski definition) is 2. The van der Waals surface area contributed by atoms with Gasteiger partial charge in [-0.1, -0.05) is 40.5 Å². The van der Waals surface area contributed by atoms with Crippen LogP contribution in [-0.4, -0.2) is 48.3 Å². The van der Waals surface area contributed by atoms with Crippen LogP contribution in [0.15, 0.2) is 0 Å². The van der Waals surface area contributed by atoms with Crippen molar-refractivity contribution in [3.8, 4) is 0 Å². The van der Waals surface area contributed by atoms with Crippen molar-refractivity contribution >= 4 is 0 Å². The van der Waals surface area contributed by atoms with E-state index in [4.69, 9.17) is 0 Å². The third-order valence-electron chi connectivity index (χ3n) is 5.09. The summed E-state index contributed by atoms with van der Waals surface area (Å²) in [5, 5.41) is 14.2. The van der Waals surface area contributed by atoms with Crippen molar-refractivity contribution in [2.75, 3.05) is 26.7 Å². The maximum Gasteiger partial charge on any atom is 0.0774 e. The molecule has 20 heavy (non-hydrogen) atoms. The topological polar surface area (TPSA) is 35.5 Å². The minimum atomic E-state index is -0.423. The van der Waals surface area contributed by atoms with E-state index in [0.29, 0.717) is 11.5 Å². The number of nitrogens with one attached hydrogen (secondary N) is 1. The molecule has 0 amide bonds. The van der Waals surface area contributed by atoms with Gasteiger partial charge in [-0.15, -0.1) is 0 Å². The van der Waals surface area contributed by atoms with Crippen LogP contribution < -0.4 is 5.32 Å². The number of likely N-dealkylation sites (N-methyl/N-ethyl adjacent to an activating group) is 1. The van der Waals surface area contributed by atoms with Gasteiger partial charge in [0, 0.05) is 25.7 Å². The molecule has 0 aromatic carbocycles. The minimum absolute atomic E-state index is 0.327. The first-order chi connectivity index (χ1) is 9.35. The summed E-state index contributed by atoms with van der Waals surface area (Å²) in [4.78, 5) is 2.36. The minimum Gasteiger partial charge on any atom is -0.389 e. The van der Waals surface area contributed by atoms with E-state index in [1.165, 1.54) is 25.7 Å². The van der Waals surface area contributed by atoms with Crippen LogP contribution in [0.3, 0.4) is 0 Å². The number of nitrogens with zero attached hydrogens (tertiary/aromatic N) is 1. The molecule has 0 spiro atoms. The van der Waals surface area contributed by atoms with Crippen LogP contribution in [0, 0.1) is 5.41 Å². The molecular formula is C17H36N2O. The van der Waals surface area contributed by atoms with Crippen LogP contribution in [-0.2, 0) is 0 Å². The molecule has 0 radical (unpaired) electrons. The average Bonchev–Trinajstić information content (AvgIpc) is 2.80. The summed E-state index contributed by atoms with van der Waals surface area (Å²) < 4.78 is 0. The summed E-state index contributed by atoms with van der Waals surface area (Å²) in [6, 6.07) is 0.539. The van der Waals surface area contributed by atoms with Crippen LogP contribution in [0.25, 0.3) is 0 Å². The second-order valence-electron chi connectivity index (χ2n) is 7.35. The molecule has 1 rings (SSSR count). The van der Waals surface area contributed by atoms with Gasteiger partial charge in [0.1, 0.15) is 0 Å². The SMILES string of the molecule is CCC(CC)(CNC(C)C)CN(C)CC1(O)CCCC1. The van der Waals surface area contributed by atoms with E-state index in [1.54, 1.807) is 0 Å². The predicted molar refractivity (Wildman–Crippen MR) is 87.1 cm³/mol. The molecule has 0 atom stereocenters. The Bertz CT molecular complexity index is 268. The van der Waals surface area contributed by atoms with Crippen molar-refractivity contribution in [2.24, 2.45) is 5.41 Å². The van der Waals surface area contributed by atoms with Crippen molar-refractivity contribution < 1.29 is 5.11 Å². The normalized spacial score (nSPS) is 19.2. The van der Waals surface area contributed by atoms with Gasteiger partial charge in [0.15, 0.2) is 0 Å². The Balaban J connectivity index is 2.55. The van der Waals surface area contributed by atoms with Crippen LogP contribution in [0.2, 0.25) is 0 Å². The Hall–Kier alpha value is -0.120. The molecule has 3 heteroatoms. The Kier molecular flexibility index (Phi) is 6.96. The van der Waals surface area contributed by atoms with Gasteiger partial charge < -0.3 is 15.3 Å². The maximum atomic E-state index is 10.6. The molecule has 1 fully saturated rings. The molecule has 0 aliphatic heterocycles. The van der Waals surface area contributed by atoms with Crippen LogP contribution in [0.5, 0.6) is 0 Å². The lowest BCUT2D eigenvalue weighted by Crippen LogP contribution is -2.48. The first-order valence-corrected chi connectivity index (χ1v) is 8.49. The fraction of sp³-hybridized carbons (Fsp3) is 1.00. The molecule has 0 aromatic heterocycles. The molecular weight excluding hydrogens is 248 g/mol. The molecule has 1 aliphatic carbocycles. The fourth-order valence-electron chi connectivity index (χ4n) is 3.52. The third-order valence-corrected chi connectivity index (χ3v) is 5.09. The Morgan fingerprint density at radius 1 is 1.20 bits per heavy atom. The predicted octanol–water partition coefficient (Wildman–Crippen LogP) is 3.03. The van der Waals surface area contributed by atoms with Gasteiger partial charge in [0.2, 0.25) is 0 Å². The molecule has 3 nitrogen and oxygen atoms in total. The Morgan fingerprint density at radius 2 is 1.75 bits per heavy atom. The van der Waals surface area contributed by atoms with Crippen LogP contribution in [0.1, 0.15) is 66.2 Å². The smallest absolute Gasteiger partial charge is 0.0774 e. The van der Waals surface area contributed by atoms with Crippen LogP contribution in [0.4, 0.5) is 0 Å². The standard InChI is InChI=1S/C17H36N2O/c1-6-16(7-2,12-18-15(3)4)13-19(5)14-17(20)10-8-9-11-17/h15,18,20H,6-14H2,1-5H3. The monoisotopic (exact) mass is 284 g/mol. The molecule has 0 heterocycles. The highest BCUT2D eigenvalue weighted by Gasteiger charge is 2.35. The summed E-state index contributed by atoms with van der Waals surface area (Å²) >= 11 is 0. The molecule has 0 aromatic rings. The largest absolute Gasteiger partial charge is 0.389 e. The van der Waals surface area contributed by atoms with Gasteiger partial charge in [-0.25, -0.2) is 0 Å². The van der Waals surface area contributed by atoms with Crippen molar-refractivity contribution in [1.29, 1.82) is 0 Å². The number of rotatable bonds is 9. The van der Waals surface area contributed by atoms with Gasteiger partial charge in [-0.05, 0) is 38.1 Å². The van der Waals surface area contributed by atoms with Crippen molar-refractivity contribution in [1.82, 2.24) is 10.2 Å². The highest BCUT2D eigenvalue weighted by Crippen LogP contribution is 2.32. The number of aliphatic hydroxyl groups is 1. The molecule has 2 N–H and O–H groups in total. The summed E-state index contributed by atoms with van der Waals surface area (Å²) in [6.07, 6.45) is 6.70. The van der Waals surface area contributed by atoms with E-state index in [2.05, 4.69) is 45.0 Å². The molecule has 1 saturated carbocycles. The lowest BCUT2D eigenvalue weighted by Gasteiger charge is -2.39. The second-order valence-corrected chi connectivity index (χ2v) is 7.35. The summed E-state index contributed by atoms with van der Waals surface area (Å²) in [5.74, 6) is 0. The lowest BCUT2D eigenvalue weighted by molar-refractivity contribution is 0.00396. The third kappa shape index (κ3) is 5.34. The Morgan fingerprint density at radius 3 is 2.20 bits per heavy atom. The zero-order valence-electron chi connectivity index (χ0n) is 14.3. The maximum absolute atomic E-state index is 10.6. The van der Waals surface area contributed by atoms with Gasteiger partial charge in [0.05, 0.1) is 5.60 Å². The zero-order valence-corrected chi connectivity index (χ0v) is 14.3. The van der Waals surface area contributed by atoms with E-state index in [0.717, 1.165) is 32.5 Å². The quantitative estimate of drug-likeness (QED) is 0.683. The highest BCUT2D eigenvalue weighted by atomic mass is 16.3. The van der Waals surface area contributed by atoms with E-state index in [-0.39, 0.29) is 0 Å². The first kappa shape index (κ1) is 17.9. The fourth-order valence-corrected chi connectivity index (χ4v) is 3.52. The second kappa shape index (κ2) is 7.77. The van der Waals surface area contributed by atoms with Crippen molar-refractivity contribution in [3.63, 3.8) is 0 Å². The van der Waals surface area contributed by atoms with Gasteiger partial charge in [-0.3, -0.25) is 0 Å². The zero-order chi connectivity index (χ0) is 15.2. The average molecular weight is 284 g/mol. The first-order valence-electron chi connectivity index (χ1n) is 8.49. The molecule has 120 valence electrons. The van der Waals surface area contributed by atoms with E-state index < -0.39 is 5.60 Å².